The van der Waals surface area contributed by atoms with E-state index in [1.165, 1.54) is 0 Å². The van der Waals surface area contributed by atoms with E-state index < -0.39 is 17.3 Å². The first-order valence-electron chi connectivity index (χ1n) is 6.54. The van der Waals surface area contributed by atoms with E-state index >= 15 is 0 Å². The Morgan fingerprint density at radius 2 is 2.10 bits per heavy atom. The minimum Gasteiger partial charge on any atom is -0.465 e. The van der Waals surface area contributed by atoms with Crippen molar-refractivity contribution in [1.82, 2.24) is 20.1 Å². The summed E-state index contributed by atoms with van der Waals surface area (Å²) in [5, 5.41) is 6.74. The summed E-state index contributed by atoms with van der Waals surface area (Å²) in [6.07, 6.45) is 1.55. The molecule has 1 N–H and O–H groups in total. The predicted octanol–water partition coefficient (Wildman–Crippen LogP) is 0.657. The van der Waals surface area contributed by atoms with Gasteiger partial charge in [-0.25, -0.2) is 4.98 Å². The Bertz CT molecular complexity index is 476. The molecule has 1 heterocycles. The van der Waals surface area contributed by atoms with Gasteiger partial charge in [0.1, 0.15) is 12.2 Å². The third kappa shape index (κ3) is 4.32. The van der Waals surface area contributed by atoms with Crippen molar-refractivity contribution in [2.75, 3.05) is 6.61 Å². The van der Waals surface area contributed by atoms with Gasteiger partial charge in [-0.05, 0) is 12.3 Å². The largest absolute Gasteiger partial charge is 0.465 e. The molecule has 0 aliphatic rings. The zero-order valence-electron chi connectivity index (χ0n) is 12.6. The van der Waals surface area contributed by atoms with Crippen molar-refractivity contribution in [3.8, 4) is 0 Å². The van der Waals surface area contributed by atoms with Crippen molar-refractivity contribution in [3.05, 3.63) is 12.2 Å². The first kappa shape index (κ1) is 16.1. The lowest BCUT2D eigenvalue weighted by Gasteiger charge is -2.27. The molecule has 7 heteroatoms. The van der Waals surface area contributed by atoms with E-state index in [1.807, 2.05) is 20.8 Å². The SMILES string of the molecule is CCOC(=O)C(C(=O)NCc1ncn(C)n1)C(C)(C)C. The third-order valence-electron chi connectivity index (χ3n) is 2.72. The third-order valence-corrected chi connectivity index (χ3v) is 2.72. The predicted molar refractivity (Wildman–Crippen MR) is 72.4 cm³/mol. The van der Waals surface area contributed by atoms with Gasteiger partial charge in [-0.1, -0.05) is 20.8 Å². The van der Waals surface area contributed by atoms with Crippen LogP contribution in [-0.4, -0.2) is 33.2 Å². The van der Waals surface area contributed by atoms with Crippen LogP contribution in [0.2, 0.25) is 0 Å². The second kappa shape index (κ2) is 6.49. The molecule has 1 amide bonds. The summed E-state index contributed by atoms with van der Waals surface area (Å²) in [4.78, 5) is 28.2. The number of nitrogens with one attached hydrogen (secondary N) is 1. The first-order chi connectivity index (χ1) is 9.25. The molecule has 1 unspecified atom stereocenters. The number of ether oxygens (including phenoxy) is 1. The van der Waals surface area contributed by atoms with Gasteiger partial charge in [0.2, 0.25) is 5.91 Å². The molecule has 1 atom stereocenters. The number of rotatable bonds is 5. The normalized spacial score (nSPS) is 12.8. The van der Waals surface area contributed by atoms with Gasteiger partial charge in [-0.3, -0.25) is 14.3 Å². The molecule has 0 saturated carbocycles. The summed E-state index contributed by atoms with van der Waals surface area (Å²) in [7, 11) is 1.74. The molecule has 1 aromatic heterocycles. The highest BCUT2D eigenvalue weighted by atomic mass is 16.5. The number of esters is 1. The van der Waals surface area contributed by atoms with E-state index in [-0.39, 0.29) is 19.1 Å². The van der Waals surface area contributed by atoms with Crippen molar-refractivity contribution in [1.29, 1.82) is 0 Å². The van der Waals surface area contributed by atoms with Gasteiger partial charge in [0.05, 0.1) is 13.2 Å². The molecule has 7 nitrogen and oxygen atoms in total. The average molecular weight is 282 g/mol. The number of amides is 1. The lowest BCUT2D eigenvalue weighted by Crippen LogP contribution is -2.43. The van der Waals surface area contributed by atoms with Gasteiger partial charge in [-0.15, -0.1) is 0 Å². The van der Waals surface area contributed by atoms with Gasteiger partial charge in [-0.2, -0.15) is 5.10 Å². The maximum Gasteiger partial charge on any atom is 0.319 e. The lowest BCUT2D eigenvalue weighted by atomic mass is 9.80. The molecule has 0 radical (unpaired) electrons. The molecule has 0 spiro atoms. The Hall–Kier alpha value is -1.92. The number of hydrogen-bond acceptors (Lipinski definition) is 5. The number of carbonyl (C=O) groups is 2. The fourth-order valence-electron chi connectivity index (χ4n) is 1.81. The van der Waals surface area contributed by atoms with Crippen LogP contribution in [0.15, 0.2) is 6.33 Å². The minimum atomic E-state index is -0.855. The molecule has 1 aromatic rings. The monoisotopic (exact) mass is 282 g/mol. The maximum absolute atomic E-state index is 12.2. The fourth-order valence-corrected chi connectivity index (χ4v) is 1.81. The lowest BCUT2D eigenvalue weighted by molar-refractivity contribution is -0.156. The Balaban J connectivity index is 2.71. The summed E-state index contributed by atoms with van der Waals surface area (Å²) < 4.78 is 6.52. The molecule has 0 bridgehead atoms. The van der Waals surface area contributed by atoms with Crippen LogP contribution in [0.3, 0.4) is 0 Å². The van der Waals surface area contributed by atoms with E-state index in [0.717, 1.165) is 0 Å². The first-order valence-corrected chi connectivity index (χ1v) is 6.54. The van der Waals surface area contributed by atoms with E-state index in [2.05, 4.69) is 15.4 Å². The van der Waals surface area contributed by atoms with Gasteiger partial charge < -0.3 is 10.1 Å². The molecule has 112 valence electrons. The second-order valence-electron chi connectivity index (χ2n) is 5.60. The van der Waals surface area contributed by atoms with Crippen molar-refractivity contribution in [3.63, 3.8) is 0 Å². The maximum atomic E-state index is 12.2. The van der Waals surface area contributed by atoms with Crippen LogP contribution in [0.5, 0.6) is 0 Å². The minimum absolute atomic E-state index is 0.186. The van der Waals surface area contributed by atoms with Crippen LogP contribution in [0.25, 0.3) is 0 Å². The topological polar surface area (TPSA) is 86.1 Å². The Kier molecular flexibility index (Phi) is 5.24. The summed E-state index contributed by atoms with van der Waals surface area (Å²) in [6.45, 7) is 7.63. The summed E-state index contributed by atoms with van der Waals surface area (Å²) >= 11 is 0. The van der Waals surface area contributed by atoms with Crippen molar-refractivity contribution in [2.24, 2.45) is 18.4 Å². The number of hydrogen-bond donors (Lipinski definition) is 1. The number of aryl methyl sites for hydroxylation is 1. The molecular weight excluding hydrogens is 260 g/mol. The molecule has 0 aromatic carbocycles. The smallest absolute Gasteiger partial charge is 0.319 e. The van der Waals surface area contributed by atoms with E-state index in [9.17, 15) is 9.59 Å². The molecule has 0 fully saturated rings. The van der Waals surface area contributed by atoms with Crippen LogP contribution in [0.1, 0.15) is 33.5 Å². The highest BCUT2D eigenvalue weighted by Crippen LogP contribution is 2.27. The van der Waals surface area contributed by atoms with Crippen LogP contribution in [0.4, 0.5) is 0 Å². The zero-order valence-corrected chi connectivity index (χ0v) is 12.6. The fraction of sp³-hybridized carbons (Fsp3) is 0.692. The van der Waals surface area contributed by atoms with Crippen LogP contribution >= 0.6 is 0 Å². The summed E-state index contributed by atoms with van der Waals surface area (Å²) in [5.74, 6) is -1.24. The molecule has 0 saturated heterocycles. The van der Waals surface area contributed by atoms with E-state index in [0.29, 0.717) is 5.82 Å². The molecule has 0 aliphatic carbocycles. The molecule has 20 heavy (non-hydrogen) atoms. The number of nitrogens with zero attached hydrogens (tertiary/aromatic N) is 3. The Morgan fingerprint density at radius 3 is 2.55 bits per heavy atom. The van der Waals surface area contributed by atoms with Crippen molar-refractivity contribution >= 4 is 11.9 Å². The molecule has 1 rings (SSSR count). The summed E-state index contributed by atoms with van der Waals surface area (Å²) in [5.41, 5.74) is -0.520. The second-order valence-corrected chi connectivity index (χ2v) is 5.60. The van der Waals surface area contributed by atoms with Crippen molar-refractivity contribution in [2.45, 2.75) is 34.2 Å². The van der Waals surface area contributed by atoms with Crippen molar-refractivity contribution < 1.29 is 14.3 Å². The van der Waals surface area contributed by atoms with E-state index in [4.69, 9.17) is 4.74 Å². The highest BCUT2D eigenvalue weighted by Gasteiger charge is 2.38. The van der Waals surface area contributed by atoms with Crippen LogP contribution in [0, 0.1) is 11.3 Å². The zero-order chi connectivity index (χ0) is 15.3. The van der Waals surface area contributed by atoms with Gasteiger partial charge in [0, 0.05) is 7.05 Å². The Morgan fingerprint density at radius 1 is 1.45 bits per heavy atom. The van der Waals surface area contributed by atoms with Gasteiger partial charge >= 0.3 is 5.97 Å². The number of carbonyl (C=O) groups excluding carboxylic acids is 2. The molecular formula is C13H22N4O3. The summed E-state index contributed by atoms with van der Waals surface area (Å²) in [6, 6.07) is 0. The standard InChI is InChI=1S/C13H22N4O3/c1-6-20-12(19)10(13(2,3)4)11(18)14-7-9-15-8-17(5)16-9/h8,10H,6-7H2,1-5H3,(H,14,18). The van der Waals surface area contributed by atoms with E-state index in [1.54, 1.807) is 25.0 Å². The van der Waals surface area contributed by atoms with Crippen LogP contribution < -0.4 is 5.32 Å². The van der Waals surface area contributed by atoms with Crippen LogP contribution in [-0.2, 0) is 27.9 Å². The average Bonchev–Trinajstić information content (AvgIpc) is 2.71. The Labute approximate surface area is 118 Å². The number of aromatic nitrogens is 3. The van der Waals surface area contributed by atoms with Gasteiger partial charge in [0.15, 0.2) is 5.82 Å². The quantitative estimate of drug-likeness (QED) is 0.633. The molecule has 0 aliphatic heterocycles. The highest BCUT2D eigenvalue weighted by molar-refractivity contribution is 5.98. The van der Waals surface area contributed by atoms with Gasteiger partial charge in [0.25, 0.3) is 0 Å².